The summed E-state index contributed by atoms with van der Waals surface area (Å²) < 4.78 is 10.9. The zero-order chi connectivity index (χ0) is 24.3. The maximum absolute atomic E-state index is 13.3. The van der Waals surface area contributed by atoms with Crippen LogP contribution in [0, 0.1) is 15.5 Å². The number of carbonyl (C=O) groups is 3. The highest BCUT2D eigenvalue weighted by Crippen LogP contribution is 2.45. The smallest absolute Gasteiger partial charge is 0.328 e. The van der Waals surface area contributed by atoms with Gasteiger partial charge in [-0.25, -0.2) is 4.79 Å². The molecule has 0 aromatic heterocycles. The van der Waals surface area contributed by atoms with E-state index in [0.717, 1.165) is 11.3 Å². The Balaban J connectivity index is 1.36. The van der Waals surface area contributed by atoms with Crippen LogP contribution in [0.2, 0.25) is 0 Å². The number of nitro groups is 1. The van der Waals surface area contributed by atoms with Crippen LogP contribution in [0.3, 0.4) is 0 Å². The van der Waals surface area contributed by atoms with Gasteiger partial charge >= 0.3 is 6.03 Å². The Hall–Kier alpha value is -4.19. The second-order valence-electron chi connectivity index (χ2n) is 9.09. The zero-order valence-corrected chi connectivity index (χ0v) is 18.5. The van der Waals surface area contributed by atoms with Crippen LogP contribution in [0.15, 0.2) is 36.4 Å². The maximum atomic E-state index is 13.3. The van der Waals surface area contributed by atoms with Gasteiger partial charge in [0, 0.05) is 50.4 Å². The van der Waals surface area contributed by atoms with Crippen molar-refractivity contribution in [3.63, 3.8) is 0 Å². The molecule has 180 valence electrons. The summed E-state index contributed by atoms with van der Waals surface area (Å²) in [6, 6.07) is 8.78. The molecule has 1 atom stereocenters. The van der Waals surface area contributed by atoms with Gasteiger partial charge in [-0.2, -0.15) is 0 Å². The minimum Gasteiger partial charge on any atom is -0.454 e. The first kappa shape index (κ1) is 21.4. The fraction of sp³-hybridized carbons (Fsp3) is 0.348. The van der Waals surface area contributed by atoms with E-state index in [0.29, 0.717) is 43.2 Å². The number of imide groups is 2. The van der Waals surface area contributed by atoms with E-state index in [4.69, 9.17) is 9.47 Å². The quantitative estimate of drug-likeness (QED) is 0.373. The predicted octanol–water partition coefficient (Wildman–Crippen LogP) is 0.923. The molecule has 12 heteroatoms. The molecule has 4 aliphatic heterocycles. The number of ether oxygens (including phenoxy) is 2. The summed E-state index contributed by atoms with van der Waals surface area (Å²) in [5.41, 5.74) is 0.553. The second kappa shape index (κ2) is 7.67. The normalized spacial score (nSPS) is 22.3. The number of fused-ring (bicyclic) bond motifs is 5. The Bertz CT molecular complexity index is 1280. The number of nitro benzene ring substituents is 1. The van der Waals surface area contributed by atoms with Gasteiger partial charge in [0.05, 0.1) is 11.0 Å². The number of hydrogen-bond acceptors (Lipinski definition) is 9. The van der Waals surface area contributed by atoms with Crippen molar-refractivity contribution in [2.75, 3.05) is 31.3 Å². The Morgan fingerprint density at radius 2 is 1.80 bits per heavy atom. The maximum Gasteiger partial charge on any atom is 0.328 e. The molecule has 2 aromatic carbocycles. The third-order valence-corrected chi connectivity index (χ3v) is 7.19. The number of rotatable bonds is 3. The highest BCUT2D eigenvalue weighted by molar-refractivity contribution is 6.20. The first-order valence-electron chi connectivity index (χ1n) is 11.2. The number of barbiturate groups is 1. The molecule has 0 aliphatic carbocycles. The molecular weight excluding hydrogens is 458 g/mol. The lowest BCUT2D eigenvalue weighted by Crippen LogP contribution is -2.74. The van der Waals surface area contributed by atoms with Crippen molar-refractivity contribution in [1.29, 1.82) is 0 Å². The van der Waals surface area contributed by atoms with E-state index in [-0.39, 0.29) is 18.9 Å². The third-order valence-electron chi connectivity index (χ3n) is 7.19. The number of amides is 4. The summed E-state index contributed by atoms with van der Waals surface area (Å²) in [5, 5.41) is 15.9. The van der Waals surface area contributed by atoms with Gasteiger partial charge < -0.3 is 14.4 Å². The first-order valence-corrected chi connectivity index (χ1v) is 11.2. The fourth-order valence-corrected chi connectivity index (χ4v) is 5.54. The zero-order valence-electron chi connectivity index (χ0n) is 18.5. The lowest BCUT2D eigenvalue weighted by Gasteiger charge is -2.54. The number of benzene rings is 2. The average Bonchev–Trinajstić information content (AvgIpc) is 3.30. The van der Waals surface area contributed by atoms with Gasteiger partial charge in [0.1, 0.15) is 0 Å². The molecule has 4 amide bonds. The van der Waals surface area contributed by atoms with Crippen LogP contribution < -0.4 is 25.0 Å². The first-order chi connectivity index (χ1) is 16.8. The molecule has 0 bridgehead atoms. The molecule has 1 spiro atoms. The van der Waals surface area contributed by atoms with Gasteiger partial charge in [0.25, 0.3) is 5.69 Å². The van der Waals surface area contributed by atoms with Crippen molar-refractivity contribution in [2.45, 2.75) is 19.0 Å². The number of carbonyl (C=O) groups excluding carboxylic acids is 3. The molecule has 2 fully saturated rings. The molecule has 35 heavy (non-hydrogen) atoms. The highest BCUT2D eigenvalue weighted by Gasteiger charge is 2.60. The number of nitrogens with zero attached hydrogens (tertiary/aromatic N) is 3. The predicted molar refractivity (Wildman–Crippen MR) is 120 cm³/mol. The van der Waals surface area contributed by atoms with Crippen LogP contribution in [0.25, 0.3) is 0 Å². The van der Waals surface area contributed by atoms with Crippen LogP contribution in [0.4, 0.5) is 16.2 Å². The van der Waals surface area contributed by atoms with Crippen molar-refractivity contribution in [2.24, 2.45) is 5.41 Å². The van der Waals surface area contributed by atoms with Crippen molar-refractivity contribution in [3.05, 3.63) is 57.6 Å². The summed E-state index contributed by atoms with van der Waals surface area (Å²) in [5.74, 6) is -0.0160. The minimum absolute atomic E-state index is 0.0476. The Labute approximate surface area is 198 Å². The summed E-state index contributed by atoms with van der Waals surface area (Å²) in [7, 11) is 0. The van der Waals surface area contributed by atoms with E-state index in [9.17, 15) is 24.5 Å². The number of piperazine rings is 1. The fourth-order valence-electron chi connectivity index (χ4n) is 5.54. The number of hydrogen-bond donors (Lipinski definition) is 2. The van der Waals surface area contributed by atoms with Gasteiger partial charge in [-0.15, -0.1) is 0 Å². The third kappa shape index (κ3) is 3.28. The monoisotopic (exact) mass is 479 g/mol. The van der Waals surface area contributed by atoms with E-state index in [1.54, 1.807) is 6.07 Å². The van der Waals surface area contributed by atoms with Crippen LogP contribution >= 0.6 is 0 Å². The molecule has 4 aliphatic rings. The standard InChI is InChI=1S/C23H21N5O7/c29-20-23(21(30)25-22(31)24-20)9-14-8-15(28(32)33)2-3-16(14)27-6-5-26(11-19(23)27)10-13-1-4-17-18(7-13)35-12-34-17/h1-4,7-8,19H,5-6,9-12H2,(H2,24,25,29,30,31)/t19-/m0/s1. The van der Waals surface area contributed by atoms with E-state index in [2.05, 4.69) is 15.5 Å². The van der Waals surface area contributed by atoms with Crippen molar-refractivity contribution in [3.8, 4) is 11.5 Å². The Kier molecular flexibility index (Phi) is 4.68. The van der Waals surface area contributed by atoms with Crippen molar-refractivity contribution < 1.29 is 28.8 Å². The van der Waals surface area contributed by atoms with E-state index >= 15 is 0 Å². The van der Waals surface area contributed by atoms with Crippen LogP contribution in [0.5, 0.6) is 11.5 Å². The van der Waals surface area contributed by atoms with E-state index in [1.165, 1.54) is 12.1 Å². The summed E-state index contributed by atoms with van der Waals surface area (Å²) >= 11 is 0. The average molecular weight is 479 g/mol. The highest BCUT2D eigenvalue weighted by atomic mass is 16.7. The van der Waals surface area contributed by atoms with Gasteiger partial charge in [0.15, 0.2) is 16.9 Å². The second-order valence-corrected chi connectivity index (χ2v) is 9.09. The molecule has 2 saturated heterocycles. The van der Waals surface area contributed by atoms with Crippen LogP contribution in [-0.4, -0.2) is 60.1 Å². The molecule has 0 unspecified atom stereocenters. The lowest BCUT2D eigenvalue weighted by molar-refractivity contribution is -0.384. The molecule has 12 nitrogen and oxygen atoms in total. The lowest BCUT2D eigenvalue weighted by atomic mass is 9.68. The topological polar surface area (TPSA) is 143 Å². The van der Waals surface area contributed by atoms with E-state index < -0.39 is 34.2 Å². The molecule has 4 heterocycles. The summed E-state index contributed by atoms with van der Waals surface area (Å²) in [4.78, 5) is 53.4. The molecule has 6 rings (SSSR count). The van der Waals surface area contributed by atoms with Gasteiger partial charge in [-0.05, 0) is 29.3 Å². The van der Waals surface area contributed by atoms with E-state index in [1.807, 2.05) is 23.1 Å². The molecular formula is C23H21N5O7. The number of urea groups is 1. The number of anilines is 1. The SMILES string of the molecule is O=C1NC(=O)C2(Cc3cc([N+](=O)[O-])ccc3N3CCN(Cc4ccc5c(c4)OCO5)C[C@H]32)C(=O)N1. The molecule has 0 radical (unpaired) electrons. The molecule has 0 saturated carbocycles. The van der Waals surface area contributed by atoms with Gasteiger partial charge in [0.2, 0.25) is 18.6 Å². The molecule has 2 N–H and O–H groups in total. The van der Waals surface area contributed by atoms with Crippen LogP contribution in [-0.2, 0) is 22.6 Å². The van der Waals surface area contributed by atoms with Crippen molar-refractivity contribution >= 4 is 29.2 Å². The minimum atomic E-state index is -1.61. The largest absolute Gasteiger partial charge is 0.454 e. The summed E-state index contributed by atoms with van der Waals surface area (Å²) in [6.07, 6.45) is -0.0476. The van der Waals surface area contributed by atoms with Crippen molar-refractivity contribution in [1.82, 2.24) is 15.5 Å². The summed E-state index contributed by atoms with van der Waals surface area (Å²) in [6.45, 7) is 2.25. The van der Waals surface area contributed by atoms with Crippen LogP contribution in [0.1, 0.15) is 11.1 Å². The molecule has 2 aromatic rings. The number of nitrogens with one attached hydrogen (secondary N) is 2. The van der Waals surface area contributed by atoms with Gasteiger partial charge in [-0.3, -0.25) is 35.2 Å². The van der Waals surface area contributed by atoms with Gasteiger partial charge in [-0.1, -0.05) is 6.07 Å². The Morgan fingerprint density at radius 3 is 2.57 bits per heavy atom. The number of non-ortho nitro benzene ring substituents is 1. The Morgan fingerprint density at radius 1 is 1.03 bits per heavy atom.